The standard InChI is InChI=1S/C50H65N3O7S/c1-3-5-7-10-28-53(50-52-44-12-8-9-13-46(44)61-50)51-34-39-33-38(36-16-14-35(15-17-36)11-6-4-2)20-27-45(39)60-49(56)47-42-25-18-37(19-26-43(42)47)48(55)59-41-23-21-40(22-24-41)58-32-31-57-30-29-54/h8-9,12-13,20-24,27,33-37,42-43,47,54H,3-7,10-11,14-19,25-26,28-32H2,1-2H3/b51-34+. The predicted octanol–water partition coefficient (Wildman–Crippen LogP) is 11.1. The van der Waals surface area contributed by atoms with E-state index in [-0.39, 0.29) is 48.8 Å². The van der Waals surface area contributed by atoms with Crippen molar-refractivity contribution < 1.29 is 33.6 Å². The topological polar surface area (TPSA) is 120 Å². The number of aromatic nitrogens is 1. The first-order valence-corrected chi connectivity index (χ1v) is 23.9. The molecule has 0 radical (unpaired) electrons. The van der Waals surface area contributed by atoms with Crippen LogP contribution in [0.25, 0.3) is 10.2 Å². The number of hydrogen-bond acceptors (Lipinski definition) is 11. The lowest BCUT2D eigenvalue weighted by atomic mass is 9.77. The highest BCUT2D eigenvalue weighted by Crippen LogP contribution is 2.56. The fourth-order valence-electron chi connectivity index (χ4n) is 9.40. The zero-order valence-corrected chi connectivity index (χ0v) is 37.0. The van der Waals surface area contributed by atoms with Crippen LogP contribution >= 0.6 is 11.3 Å². The van der Waals surface area contributed by atoms with Crippen molar-refractivity contribution in [2.24, 2.45) is 34.7 Å². The van der Waals surface area contributed by atoms with Crippen LogP contribution in [0.1, 0.15) is 127 Å². The highest BCUT2D eigenvalue weighted by Gasteiger charge is 2.56. The third-order valence-electron chi connectivity index (χ3n) is 13.0. The minimum absolute atomic E-state index is 0.0200. The smallest absolute Gasteiger partial charge is 0.314 e. The third-order valence-corrected chi connectivity index (χ3v) is 14.0. The average Bonchev–Trinajstić information content (AvgIpc) is 3.88. The number of hydrogen-bond donors (Lipinski definition) is 1. The van der Waals surface area contributed by atoms with Gasteiger partial charge in [-0.3, -0.25) is 9.59 Å². The van der Waals surface area contributed by atoms with Gasteiger partial charge in [0.25, 0.3) is 0 Å². The highest BCUT2D eigenvalue weighted by molar-refractivity contribution is 7.22. The molecule has 0 aliphatic heterocycles. The zero-order chi connectivity index (χ0) is 42.4. The second kappa shape index (κ2) is 22.7. The number of aliphatic hydroxyl groups is 1. The molecule has 1 heterocycles. The molecule has 0 bridgehead atoms. The van der Waals surface area contributed by atoms with Gasteiger partial charge in [0.2, 0.25) is 5.13 Å². The third kappa shape index (κ3) is 12.4. The number of thiazole rings is 1. The van der Waals surface area contributed by atoms with E-state index in [2.05, 4.69) is 32.0 Å². The van der Waals surface area contributed by atoms with Crippen molar-refractivity contribution in [1.29, 1.82) is 0 Å². The van der Waals surface area contributed by atoms with Crippen molar-refractivity contribution in [2.45, 2.75) is 116 Å². The SMILES string of the molecule is CCCCCCN(/N=C/c1cc(C2CCC(CCCC)CC2)ccc1OC(=O)C1C2CCC(C(=O)Oc3ccc(OCCOCCO)cc3)CCC21)c1nc2ccccc2s1. The molecule has 7 rings (SSSR count). The Balaban J connectivity index is 0.997. The summed E-state index contributed by atoms with van der Waals surface area (Å²) in [6, 6.07) is 21.6. The van der Waals surface area contributed by atoms with Crippen LogP contribution in [0.15, 0.2) is 71.8 Å². The summed E-state index contributed by atoms with van der Waals surface area (Å²) >= 11 is 1.66. The summed E-state index contributed by atoms with van der Waals surface area (Å²) < 4.78 is 24.1. The number of unbranched alkanes of at least 4 members (excludes halogenated alkanes) is 4. The molecule has 4 aromatic rings. The van der Waals surface area contributed by atoms with Crippen molar-refractivity contribution in [1.82, 2.24) is 4.98 Å². The molecule has 3 aromatic carbocycles. The van der Waals surface area contributed by atoms with Gasteiger partial charge >= 0.3 is 11.9 Å². The van der Waals surface area contributed by atoms with Gasteiger partial charge < -0.3 is 24.1 Å². The first-order valence-electron chi connectivity index (χ1n) is 23.1. The van der Waals surface area contributed by atoms with Gasteiger partial charge in [-0.1, -0.05) is 81.9 Å². The van der Waals surface area contributed by atoms with Crippen molar-refractivity contribution in [3.63, 3.8) is 0 Å². The summed E-state index contributed by atoms with van der Waals surface area (Å²) in [7, 11) is 0. The van der Waals surface area contributed by atoms with E-state index in [0.29, 0.717) is 49.2 Å². The number of aliphatic hydroxyl groups excluding tert-OH is 1. The number of carbonyl (C=O) groups is 2. The van der Waals surface area contributed by atoms with E-state index >= 15 is 0 Å². The van der Waals surface area contributed by atoms with Gasteiger partial charge in [-0.2, -0.15) is 5.10 Å². The number of carbonyl (C=O) groups excluding carboxylic acids is 2. The maximum Gasteiger partial charge on any atom is 0.314 e. The van der Waals surface area contributed by atoms with E-state index in [9.17, 15) is 9.59 Å². The molecular formula is C50H65N3O7S. The first kappa shape index (κ1) is 44.7. The Hall–Kier alpha value is -4.32. The molecule has 1 N–H and O–H groups in total. The number of para-hydroxylation sites is 1. The Morgan fingerprint density at radius 3 is 2.30 bits per heavy atom. The van der Waals surface area contributed by atoms with Crippen LogP contribution in [-0.2, 0) is 14.3 Å². The molecule has 61 heavy (non-hydrogen) atoms. The molecule has 0 saturated heterocycles. The van der Waals surface area contributed by atoms with Crippen molar-refractivity contribution in [2.75, 3.05) is 38.0 Å². The second-order valence-corrected chi connectivity index (χ2v) is 18.3. The summed E-state index contributed by atoms with van der Waals surface area (Å²) in [5, 5.41) is 16.8. The minimum atomic E-state index is -0.227. The normalized spacial score (nSPS) is 22.4. The van der Waals surface area contributed by atoms with Crippen LogP contribution in [0.3, 0.4) is 0 Å². The van der Waals surface area contributed by atoms with E-state index < -0.39 is 0 Å². The lowest BCUT2D eigenvalue weighted by Crippen LogP contribution is -2.21. The van der Waals surface area contributed by atoms with Gasteiger partial charge in [0.15, 0.2) is 0 Å². The monoisotopic (exact) mass is 851 g/mol. The Kier molecular flexibility index (Phi) is 16.6. The van der Waals surface area contributed by atoms with Crippen LogP contribution < -0.4 is 19.2 Å². The van der Waals surface area contributed by atoms with Crippen LogP contribution in [0.2, 0.25) is 0 Å². The second-order valence-electron chi connectivity index (χ2n) is 17.3. The molecule has 0 spiro atoms. The molecule has 10 nitrogen and oxygen atoms in total. The maximum absolute atomic E-state index is 14.0. The Labute approximate surface area is 366 Å². The lowest BCUT2D eigenvalue weighted by molar-refractivity contribution is -0.139. The summed E-state index contributed by atoms with van der Waals surface area (Å²) in [6.07, 6.45) is 18.1. The van der Waals surface area contributed by atoms with Crippen LogP contribution in [-0.4, -0.2) is 61.2 Å². The molecular weight excluding hydrogens is 787 g/mol. The average molecular weight is 852 g/mol. The lowest BCUT2D eigenvalue weighted by Gasteiger charge is -2.29. The first-order chi connectivity index (χ1) is 29.9. The predicted molar refractivity (Wildman–Crippen MR) is 243 cm³/mol. The number of esters is 2. The fraction of sp³-hybridized carbons (Fsp3) is 0.560. The van der Waals surface area contributed by atoms with Crippen molar-refractivity contribution in [3.05, 3.63) is 77.9 Å². The molecule has 1 aromatic heterocycles. The highest BCUT2D eigenvalue weighted by atomic mass is 32.1. The van der Waals surface area contributed by atoms with Gasteiger partial charge in [0.05, 0.1) is 48.1 Å². The molecule has 3 aliphatic carbocycles. The Morgan fingerprint density at radius 1 is 0.803 bits per heavy atom. The van der Waals surface area contributed by atoms with Gasteiger partial charge in [0.1, 0.15) is 23.9 Å². The molecule has 2 unspecified atom stereocenters. The van der Waals surface area contributed by atoms with E-state index in [1.807, 2.05) is 35.5 Å². The summed E-state index contributed by atoms with van der Waals surface area (Å²) in [6.45, 7) is 6.27. The number of ether oxygens (including phenoxy) is 4. The van der Waals surface area contributed by atoms with E-state index in [1.165, 1.54) is 63.4 Å². The minimum Gasteiger partial charge on any atom is -0.491 e. The zero-order valence-electron chi connectivity index (χ0n) is 36.2. The van der Waals surface area contributed by atoms with E-state index in [1.54, 1.807) is 35.6 Å². The molecule has 2 atom stereocenters. The van der Waals surface area contributed by atoms with Crippen LogP contribution in [0, 0.1) is 29.6 Å². The quantitative estimate of drug-likeness (QED) is 0.0271. The van der Waals surface area contributed by atoms with E-state index in [0.717, 1.165) is 59.1 Å². The molecule has 3 saturated carbocycles. The van der Waals surface area contributed by atoms with Gasteiger partial charge in [-0.25, -0.2) is 9.99 Å². The van der Waals surface area contributed by atoms with Gasteiger partial charge in [-0.05, 0) is 136 Å². The summed E-state index contributed by atoms with van der Waals surface area (Å²) in [5.74, 6) is 2.64. The molecule has 3 aliphatic rings. The number of benzene rings is 3. The fourth-order valence-corrected chi connectivity index (χ4v) is 10.3. The summed E-state index contributed by atoms with van der Waals surface area (Å²) in [5.41, 5.74) is 3.10. The van der Waals surface area contributed by atoms with E-state index in [4.69, 9.17) is 34.1 Å². The number of anilines is 1. The van der Waals surface area contributed by atoms with Gasteiger partial charge in [-0.15, -0.1) is 0 Å². The van der Waals surface area contributed by atoms with Crippen molar-refractivity contribution >= 4 is 44.8 Å². The van der Waals surface area contributed by atoms with Crippen LogP contribution in [0.5, 0.6) is 17.2 Å². The van der Waals surface area contributed by atoms with Gasteiger partial charge in [0, 0.05) is 12.1 Å². The molecule has 0 amide bonds. The maximum atomic E-state index is 14.0. The Bertz CT molecular complexity index is 1980. The number of hydrazone groups is 1. The van der Waals surface area contributed by atoms with Crippen LogP contribution in [0.4, 0.5) is 5.13 Å². The Morgan fingerprint density at radius 2 is 1.56 bits per heavy atom. The summed E-state index contributed by atoms with van der Waals surface area (Å²) in [4.78, 5) is 32.1. The molecule has 3 fully saturated rings. The molecule has 328 valence electrons. The molecule has 11 heteroatoms. The number of nitrogens with zero attached hydrogens (tertiary/aromatic N) is 3. The number of rotatable bonds is 22. The number of fused-ring (bicyclic) bond motifs is 2. The largest absolute Gasteiger partial charge is 0.491 e. The van der Waals surface area contributed by atoms with Crippen molar-refractivity contribution in [3.8, 4) is 17.2 Å².